The van der Waals surface area contributed by atoms with Gasteiger partial charge in [-0.15, -0.1) is 0 Å². The molecule has 118 valence electrons. The third kappa shape index (κ3) is 4.47. The lowest BCUT2D eigenvalue weighted by Gasteiger charge is -2.13. The second-order valence-electron chi connectivity index (χ2n) is 5.27. The predicted octanol–water partition coefficient (Wildman–Crippen LogP) is 1.04. The molecule has 0 aromatic carbocycles. The number of hydrogen-bond acceptors (Lipinski definition) is 5. The molecular weight excluding hydrogens is 290 g/mol. The summed E-state index contributed by atoms with van der Waals surface area (Å²) in [6, 6.07) is 3.28. The zero-order valence-corrected chi connectivity index (χ0v) is 13.3. The van der Waals surface area contributed by atoms with Crippen molar-refractivity contribution >= 4 is 10.0 Å². The average molecular weight is 313 g/mol. The highest BCUT2D eigenvalue weighted by atomic mass is 32.2. The van der Waals surface area contributed by atoms with Crippen LogP contribution in [-0.2, 0) is 21.3 Å². The summed E-state index contributed by atoms with van der Waals surface area (Å²) in [6.07, 6.45) is 4.15. The van der Waals surface area contributed by atoms with E-state index in [1.165, 1.54) is 0 Å². The molecule has 2 unspecified atom stereocenters. The normalized spacial score (nSPS) is 22.6. The molecule has 0 saturated heterocycles. The van der Waals surface area contributed by atoms with Gasteiger partial charge < -0.3 is 10.1 Å². The SMILES string of the molecule is CCNCc1ccc(S(=O)(=O)NC2CCC(OC)C2)nc1. The quantitative estimate of drug-likeness (QED) is 0.786. The van der Waals surface area contributed by atoms with Gasteiger partial charge in [-0.3, -0.25) is 0 Å². The lowest BCUT2D eigenvalue weighted by molar-refractivity contribution is 0.107. The van der Waals surface area contributed by atoms with Crippen molar-refractivity contribution in [2.24, 2.45) is 0 Å². The van der Waals surface area contributed by atoms with Crippen LogP contribution in [0.5, 0.6) is 0 Å². The van der Waals surface area contributed by atoms with Crippen LogP contribution in [0.15, 0.2) is 23.4 Å². The van der Waals surface area contributed by atoms with E-state index in [9.17, 15) is 8.42 Å². The zero-order valence-electron chi connectivity index (χ0n) is 12.5. The highest BCUT2D eigenvalue weighted by Crippen LogP contribution is 2.22. The Morgan fingerprint density at radius 2 is 2.19 bits per heavy atom. The molecule has 0 spiro atoms. The fraction of sp³-hybridized carbons (Fsp3) is 0.643. The third-order valence-corrected chi connectivity index (χ3v) is 5.13. The van der Waals surface area contributed by atoms with Gasteiger partial charge in [0.05, 0.1) is 6.10 Å². The molecule has 2 atom stereocenters. The predicted molar refractivity (Wildman–Crippen MR) is 80.4 cm³/mol. The summed E-state index contributed by atoms with van der Waals surface area (Å²) >= 11 is 0. The molecule has 0 bridgehead atoms. The molecule has 0 aliphatic heterocycles. The van der Waals surface area contributed by atoms with Gasteiger partial charge in [0.25, 0.3) is 10.0 Å². The van der Waals surface area contributed by atoms with Crippen LogP contribution in [-0.4, -0.2) is 39.2 Å². The van der Waals surface area contributed by atoms with E-state index in [0.717, 1.165) is 24.9 Å². The van der Waals surface area contributed by atoms with Crippen molar-refractivity contribution in [2.45, 2.75) is 49.9 Å². The van der Waals surface area contributed by atoms with E-state index in [1.54, 1.807) is 25.4 Å². The van der Waals surface area contributed by atoms with Gasteiger partial charge in [-0.05, 0) is 37.4 Å². The summed E-state index contributed by atoms with van der Waals surface area (Å²) < 4.78 is 32.5. The number of nitrogens with one attached hydrogen (secondary N) is 2. The number of rotatable bonds is 7. The van der Waals surface area contributed by atoms with Crippen LogP contribution in [0, 0.1) is 0 Å². The topological polar surface area (TPSA) is 80.3 Å². The van der Waals surface area contributed by atoms with Crippen molar-refractivity contribution in [1.29, 1.82) is 0 Å². The zero-order chi connectivity index (χ0) is 15.3. The second kappa shape index (κ2) is 7.31. The minimum Gasteiger partial charge on any atom is -0.381 e. The summed E-state index contributed by atoms with van der Waals surface area (Å²) in [4.78, 5) is 4.06. The van der Waals surface area contributed by atoms with Gasteiger partial charge in [-0.1, -0.05) is 13.0 Å². The molecular formula is C14H23N3O3S. The number of methoxy groups -OCH3 is 1. The molecule has 7 heteroatoms. The molecule has 2 N–H and O–H groups in total. The van der Waals surface area contributed by atoms with Crippen LogP contribution in [0.3, 0.4) is 0 Å². The summed E-state index contributed by atoms with van der Waals surface area (Å²) in [5, 5.41) is 3.25. The smallest absolute Gasteiger partial charge is 0.258 e. The van der Waals surface area contributed by atoms with E-state index >= 15 is 0 Å². The number of aromatic nitrogens is 1. The Bertz CT molecular complexity index is 545. The highest BCUT2D eigenvalue weighted by molar-refractivity contribution is 7.89. The van der Waals surface area contributed by atoms with Crippen LogP contribution in [0.25, 0.3) is 0 Å². The molecule has 1 saturated carbocycles. The fourth-order valence-electron chi connectivity index (χ4n) is 2.48. The van der Waals surface area contributed by atoms with Crippen LogP contribution < -0.4 is 10.0 Å². The second-order valence-corrected chi connectivity index (χ2v) is 6.93. The number of pyridine rings is 1. The molecule has 1 heterocycles. The van der Waals surface area contributed by atoms with Crippen LogP contribution in [0.2, 0.25) is 0 Å². The Labute approximate surface area is 126 Å². The fourth-order valence-corrected chi connectivity index (χ4v) is 3.70. The molecule has 1 aliphatic rings. The summed E-state index contributed by atoms with van der Waals surface area (Å²) in [5.41, 5.74) is 0.969. The molecule has 6 nitrogen and oxygen atoms in total. The first kappa shape index (κ1) is 16.4. The monoisotopic (exact) mass is 313 g/mol. The van der Waals surface area contributed by atoms with E-state index < -0.39 is 10.0 Å². The molecule has 1 fully saturated rings. The van der Waals surface area contributed by atoms with E-state index in [0.29, 0.717) is 13.0 Å². The van der Waals surface area contributed by atoms with E-state index in [1.807, 2.05) is 6.92 Å². The highest BCUT2D eigenvalue weighted by Gasteiger charge is 2.29. The van der Waals surface area contributed by atoms with Gasteiger partial charge >= 0.3 is 0 Å². The summed E-state index contributed by atoms with van der Waals surface area (Å²) in [7, 11) is -1.89. The molecule has 1 aromatic rings. The minimum absolute atomic E-state index is 0.0665. The van der Waals surface area contributed by atoms with Crippen molar-refractivity contribution in [1.82, 2.24) is 15.0 Å². The summed E-state index contributed by atoms with van der Waals surface area (Å²) in [6.45, 7) is 3.57. The maximum absolute atomic E-state index is 12.3. The van der Waals surface area contributed by atoms with Crippen molar-refractivity contribution in [3.63, 3.8) is 0 Å². The largest absolute Gasteiger partial charge is 0.381 e. The maximum atomic E-state index is 12.3. The number of sulfonamides is 1. The van der Waals surface area contributed by atoms with E-state index in [2.05, 4.69) is 15.0 Å². The molecule has 0 radical (unpaired) electrons. The Balaban J connectivity index is 1.99. The molecule has 2 rings (SSSR count). The van der Waals surface area contributed by atoms with Gasteiger partial charge in [-0.25, -0.2) is 18.1 Å². The Morgan fingerprint density at radius 1 is 1.38 bits per heavy atom. The van der Waals surface area contributed by atoms with E-state index in [-0.39, 0.29) is 17.2 Å². The lowest BCUT2D eigenvalue weighted by atomic mass is 10.3. The maximum Gasteiger partial charge on any atom is 0.258 e. The lowest BCUT2D eigenvalue weighted by Crippen LogP contribution is -2.34. The van der Waals surface area contributed by atoms with Crippen LogP contribution in [0.1, 0.15) is 31.7 Å². The van der Waals surface area contributed by atoms with Gasteiger partial charge in [-0.2, -0.15) is 0 Å². The van der Waals surface area contributed by atoms with E-state index in [4.69, 9.17) is 4.74 Å². The first-order valence-corrected chi connectivity index (χ1v) is 8.74. The van der Waals surface area contributed by atoms with Crippen molar-refractivity contribution in [3.05, 3.63) is 23.9 Å². The van der Waals surface area contributed by atoms with Gasteiger partial charge in [0, 0.05) is 25.9 Å². The summed E-state index contributed by atoms with van der Waals surface area (Å²) in [5.74, 6) is 0. The first-order chi connectivity index (χ1) is 10.0. The minimum atomic E-state index is -3.55. The number of hydrogen-bond donors (Lipinski definition) is 2. The van der Waals surface area contributed by atoms with Crippen LogP contribution >= 0.6 is 0 Å². The molecule has 1 aromatic heterocycles. The average Bonchev–Trinajstić information content (AvgIpc) is 2.92. The molecule has 1 aliphatic carbocycles. The Morgan fingerprint density at radius 3 is 2.76 bits per heavy atom. The van der Waals surface area contributed by atoms with Crippen molar-refractivity contribution < 1.29 is 13.2 Å². The number of nitrogens with zero attached hydrogens (tertiary/aromatic N) is 1. The first-order valence-electron chi connectivity index (χ1n) is 7.26. The van der Waals surface area contributed by atoms with Crippen molar-refractivity contribution in [2.75, 3.05) is 13.7 Å². The molecule has 0 amide bonds. The van der Waals surface area contributed by atoms with Gasteiger partial charge in [0.1, 0.15) is 0 Å². The van der Waals surface area contributed by atoms with Crippen LogP contribution in [0.4, 0.5) is 0 Å². The van der Waals surface area contributed by atoms with Gasteiger partial charge in [0.2, 0.25) is 0 Å². The Kier molecular flexibility index (Phi) is 5.69. The number of ether oxygens (including phenoxy) is 1. The standard InChI is InChI=1S/C14H23N3O3S/c1-3-15-9-11-4-7-14(16-10-11)21(18,19)17-12-5-6-13(8-12)20-2/h4,7,10,12-13,15,17H,3,5-6,8-9H2,1-2H3. The molecule has 21 heavy (non-hydrogen) atoms. The third-order valence-electron chi connectivity index (χ3n) is 3.69. The van der Waals surface area contributed by atoms with Crippen molar-refractivity contribution in [3.8, 4) is 0 Å². The Hall–Kier alpha value is -1.02. The van der Waals surface area contributed by atoms with Gasteiger partial charge in [0.15, 0.2) is 5.03 Å².